The summed E-state index contributed by atoms with van der Waals surface area (Å²) >= 11 is 5.76. The zero-order valence-corrected chi connectivity index (χ0v) is 10.7. The van der Waals surface area contributed by atoms with Gasteiger partial charge in [0.2, 0.25) is 0 Å². The van der Waals surface area contributed by atoms with Crippen molar-refractivity contribution in [3.8, 4) is 17.6 Å². The number of methoxy groups -OCH3 is 1. The van der Waals surface area contributed by atoms with E-state index >= 15 is 0 Å². The number of rotatable bonds is 6. The van der Waals surface area contributed by atoms with Crippen LogP contribution in [0.15, 0.2) is 24.3 Å². The van der Waals surface area contributed by atoms with Crippen molar-refractivity contribution in [3.05, 3.63) is 29.3 Å². The topological polar surface area (TPSA) is 35.1 Å². The molecule has 0 heterocycles. The summed E-state index contributed by atoms with van der Waals surface area (Å²) in [4.78, 5) is 0. The molecule has 0 amide bonds. The molecule has 0 aromatic heterocycles. The van der Waals surface area contributed by atoms with E-state index in [4.69, 9.17) is 21.1 Å². The van der Waals surface area contributed by atoms with E-state index in [9.17, 15) is 0 Å². The highest BCUT2D eigenvalue weighted by Crippen LogP contribution is 2.14. The van der Waals surface area contributed by atoms with Gasteiger partial charge in [0.25, 0.3) is 0 Å². The van der Waals surface area contributed by atoms with Crippen molar-refractivity contribution in [2.24, 2.45) is 0 Å². The molecule has 92 valence electrons. The van der Waals surface area contributed by atoms with Gasteiger partial charge in [0, 0.05) is 12.1 Å². The standard InChI is InChI=1S/C13H16ClNO2/c1-16-11-9-15-8-2-3-10-17-13-6-4-12(14)5-7-13/h4-7,15H,8-11H2,1H3/p+1. The first-order valence-electron chi connectivity index (χ1n) is 5.47. The van der Waals surface area contributed by atoms with Gasteiger partial charge >= 0.3 is 0 Å². The number of nitrogens with two attached hydrogens (primary N) is 1. The van der Waals surface area contributed by atoms with Gasteiger partial charge in [-0.2, -0.15) is 0 Å². The fourth-order valence-electron chi connectivity index (χ4n) is 1.15. The smallest absolute Gasteiger partial charge is 0.149 e. The van der Waals surface area contributed by atoms with Crippen LogP contribution in [0.2, 0.25) is 5.02 Å². The van der Waals surface area contributed by atoms with Gasteiger partial charge in [0.05, 0.1) is 13.2 Å². The van der Waals surface area contributed by atoms with Gasteiger partial charge in [-0.1, -0.05) is 17.5 Å². The molecule has 4 heteroatoms. The Morgan fingerprint density at radius 3 is 2.71 bits per heavy atom. The van der Waals surface area contributed by atoms with Gasteiger partial charge in [0.1, 0.15) is 18.9 Å². The number of hydrogen-bond acceptors (Lipinski definition) is 2. The molecular weight excluding hydrogens is 238 g/mol. The molecule has 17 heavy (non-hydrogen) atoms. The summed E-state index contributed by atoms with van der Waals surface area (Å²) in [5, 5.41) is 2.80. The summed E-state index contributed by atoms with van der Waals surface area (Å²) in [7, 11) is 1.69. The average molecular weight is 255 g/mol. The van der Waals surface area contributed by atoms with Crippen molar-refractivity contribution in [1.82, 2.24) is 0 Å². The SMILES string of the molecule is COCC[NH2+]CC#CCOc1ccc(Cl)cc1. The molecule has 1 rings (SSSR count). The van der Waals surface area contributed by atoms with E-state index in [1.54, 1.807) is 19.2 Å². The van der Waals surface area contributed by atoms with Crippen LogP contribution in [0.25, 0.3) is 0 Å². The Bertz CT molecular complexity index is 367. The van der Waals surface area contributed by atoms with E-state index in [2.05, 4.69) is 17.2 Å². The normalized spacial score (nSPS) is 9.53. The number of halogens is 1. The zero-order chi connectivity index (χ0) is 12.3. The van der Waals surface area contributed by atoms with Crippen LogP contribution in [0.3, 0.4) is 0 Å². The van der Waals surface area contributed by atoms with Crippen molar-refractivity contribution in [2.45, 2.75) is 0 Å². The van der Waals surface area contributed by atoms with Crippen molar-refractivity contribution >= 4 is 11.6 Å². The van der Waals surface area contributed by atoms with Crippen LogP contribution in [-0.2, 0) is 4.74 Å². The molecule has 0 aliphatic heterocycles. The maximum absolute atomic E-state index is 5.76. The molecule has 0 atom stereocenters. The maximum atomic E-state index is 5.76. The summed E-state index contributed by atoms with van der Waals surface area (Å²) in [5.74, 6) is 6.75. The van der Waals surface area contributed by atoms with E-state index in [1.165, 1.54) is 0 Å². The highest BCUT2D eigenvalue weighted by atomic mass is 35.5. The molecule has 0 unspecified atom stereocenters. The first-order chi connectivity index (χ1) is 8.33. The Kier molecular flexibility index (Phi) is 7.24. The Morgan fingerprint density at radius 2 is 2.00 bits per heavy atom. The second kappa shape index (κ2) is 8.89. The lowest BCUT2D eigenvalue weighted by molar-refractivity contribution is -0.645. The minimum Gasteiger partial charge on any atom is -0.481 e. The molecule has 0 saturated carbocycles. The highest BCUT2D eigenvalue weighted by molar-refractivity contribution is 6.30. The lowest BCUT2D eigenvalue weighted by Gasteiger charge is -2.00. The van der Waals surface area contributed by atoms with Gasteiger partial charge in [-0.3, -0.25) is 0 Å². The summed E-state index contributed by atoms with van der Waals surface area (Å²) in [6.45, 7) is 2.86. The van der Waals surface area contributed by atoms with Crippen LogP contribution in [-0.4, -0.2) is 33.4 Å². The number of benzene rings is 1. The van der Waals surface area contributed by atoms with E-state index in [1.807, 2.05) is 12.1 Å². The largest absolute Gasteiger partial charge is 0.481 e. The van der Waals surface area contributed by atoms with Crippen LogP contribution in [0.5, 0.6) is 5.75 Å². The third-order valence-electron chi connectivity index (χ3n) is 2.02. The van der Waals surface area contributed by atoms with Crippen molar-refractivity contribution in [1.29, 1.82) is 0 Å². The van der Waals surface area contributed by atoms with Crippen LogP contribution in [0.1, 0.15) is 0 Å². The van der Waals surface area contributed by atoms with E-state index in [-0.39, 0.29) is 0 Å². The van der Waals surface area contributed by atoms with Crippen molar-refractivity contribution in [2.75, 3.05) is 33.4 Å². The van der Waals surface area contributed by atoms with Gasteiger partial charge in [0.15, 0.2) is 0 Å². The lowest BCUT2D eigenvalue weighted by Crippen LogP contribution is -2.85. The first kappa shape index (κ1) is 13.9. The van der Waals surface area contributed by atoms with Crippen LogP contribution in [0, 0.1) is 11.8 Å². The molecule has 0 spiro atoms. The predicted octanol–water partition coefficient (Wildman–Crippen LogP) is 0.932. The molecule has 0 saturated heterocycles. The van der Waals surface area contributed by atoms with Gasteiger partial charge in [-0.15, -0.1) is 0 Å². The third-order valence-corrected chi connectivity index (χ3v) is 2.27. The minimum absolute atomic E-state index is 0.403. The summed E-state index contributed by atoms with van der Waals surface area (Å²) in [6.07, 6.45) is 0. The summed E-state index contributed by atoms with van der Waals surface area (Å²) in [5.41, 5.74) is 0. The first-order valence-corrected chi connectivity index (χ1v) is 5.85. The van der Waals surface area contributed by atoms with Crippen LogP contribution < -0.4 is 10.1 Å². The van der Waals surface area contributed by atoms with Gasteiger partial charge in [-0.25, -0.2) is 0 Å². The van der Waals surface area contributed by atoms with Crippen LogP contribution >= 0.6 is 11.6 Å². The number of hydrogen-bond donors (Lipinski definition) is 1. The Labute approximate surface area is 107 Å². The predicted molar refractivity (Wildman–Crippen MR) is 68.3 cm³/mol. The molecule has 0 fully saturated rings. The average Bonchev–Trinajstić information content (AvgIpc) is 2.35. The van der Waals surface area contributed by atoms with E-state index in [0.29, 0.717) is 11.6 Å². The van der Waals surface area contributed by atoms with Crippen molar-refractivity contribution < 1.29 is 14.8 Å². The fraction of sp³-hybridized carbons (Fsp3) is 0.385. The number of ether oxygens (including phenoxy) is 2. The fourth-order valence-corrected chi connectivity index (χ4v) is 1.27. The minimum atomic E-state index is 0.403. The molecule has 0 bridgehead atoms. The molecule has 3 nitrogen and oxygen atoms in total. The molecule has 0 aliphatic rings. The highest BCUT2D eigenvalue weighted by Gasteiger charge is 1.91. The Balaban J connectivity index is 2.11. The second-order valence-corrected chi connectivity index (χ2v) is 3.81. The second-order valence-electron chi connectivity index (χ2n) is 3.37. The molecule has 1 aromatic carbocycles. The van der Waals surface area contributed by atoms with E-state index < -0.39 is 0 Å². The van der Waals surface area contributed by atoms with E-state index in [0.717, 1.165) is 25.4 Å². The molecular formula is C13H17ClNO2+. The van der Waals surface area contributed by atoms with Gasteiger partial charge < -0.3 is 14.8 Å². The molecule has 2 N–H and O–H groups in total. The molecule has 1 aromatic rings. The summed E-state index contributed by atoms with van der Waals surface area (Å²) < 4.78 is 10.3. The summed E-state index contributed by atoms with van der Waals surface area (Å²) in [6, 6.07) is 7.25. The molecule has 0 aliphatic carbocycles. The van der Waals surface area contributed by atoms with Gasteiger partial charge in [-0.05, 0) is 30.2 Å². The van der Waals surface area contributed by atoms with Crippen molar-refractivity contribution in [3.63, 3.8) is 0 Å². The Morgan fingerprint density at radius 1 is 1.24 bits per heavy atom. The molecule has 0 radical (unpaired) electrons. The quantitative estimate of drug-likeness (QED) is 0.606. The third kappa shape index (κ3) is 6.85. The lowest BCUT2D eigenvalue weighted by atomic mass is 10.3. The monoisotopic (exact) mass is 254 g/mol. The van der Waals surface area contributed by atoms with Crippen LogP contribution in [0.4, 0.5) is 0 Å². The maximum Gasteiger partial charge on any atom is 0.149 e. The zero-order valence-electron chi connectivity index (χ0n) is 9.91. The Hall–Kier alpha value is -1.21. The number of quaternary nitrogens is 1.